The van der Waals surface area contributed by atoms with Crippen molar-refractivity contribution in [2.75, 3.05) is 0 Å². The first-order valence-electron chi connectivity index (χ1n) is 9.92. The van der Waals surface area contributed by atoms with Crippen molar-refractivity contribution < 1.29 is 26.3 Å². The van der Waals surface area contributed by atoms with E-state index >= 15 is 0 Å². The van der Waals surface area contributed by atoms with Crippen LogP contribution in [0, 0.1) is 11.5 Å². The van der Waals surface area contributed by atoms with E-state index in [0.717, 1.165) is 24.3 Å². The first-order chi connectivity index (χ1) is 15.5. The zero-order valence-corrected chi connectivity index (χ0v) is 17.1. The summed E-state index contributed by atoms with van der Waals surface area (Å²) < 4.78 is 79.1. The van der Waals surface area contributed by atoms with Crippen molar-refractivity contribution in [2.24, 2.45) is 9.98 Å². The first kappa shape index (κ1) is 22.5. The molecule has 0 radical (unpaired) electrons. The summed E-state index contributed by atoms with van der Waals surface area (Å²) in [6, 6.07) is 6.58. The SMILES string of the molecule is CC/C=C1/C(N=C2CC(=NC#N)c3cc(C(F)(F)F)ccc32)=Cc2ccc(C(F)(F)F)cc21. The molecule has 0 aromatic heterocycles. The van der Waals surface area contributed by atoms with Crippen molar-refractivity contribution in [3.05, 3.63) is 81.6 Å². The molecule has 0 N–H and O–H groups in total. The van der Waals surface area contributed by atoms with E-state index < -0.39 is 23.5 Å². The Morgan fingerprint density at radius 2 is 1.55 bits per heavy atom. The number of hydrogen-bond acceptors (Lipinski definition) is 3. The Morgan fingerprint density at radius 3 is 2.15 bits per heavy atom. The number of alkyl halides is 6. The lowest BCUT2D eigenvalue weighted by Gasteiger charge is -2.10. The molecule has 0 heterocycles. The zero-order chi connectivity index (χ0) is 24.0. The summed E-state index contributed by atoms with van der Waals surface area (Å²) in [6.07, 6.45) is -3.47. The van der Waals surface area contributed by atoms with E-state index in [0.29, 0.717) is 40.1 Å². The van der Waals surface area contributed by atoms with E-state index in [1.54, 1.807) is 18.3 Å². The van der Waals surface area contributed by atoms with Crippen LogP contribution in [0.25, 0.3) is 11.6 Å². The van der Waals surface area contributed by atoms with Gasteiger partial charge in [0.1, 0.15) is 0 Å². The van der Waals surface area contributed by atoms with E-state index in [2.05, 4.69) is 9.98 Å². The van der Waals surface area contributed by atoms with Crippen LogP contribution in [0.1, 0.15) is 53.1 Å². The zero-order valence-electron chi connectivity index (χ0n) is 17.1. The van der Waals surface area contributed by atoms with Gasteiger partial charge in [-0.3, -0.25) is 4.99 Å². The third-order valence-electron chi connectivity index (χ3n) is 5.39. The Kier molecular flexibility index (Phi) is 5.48. The monoisotopic (exact) mass is 459 g/mol. The van der Waals surface area contributed by atoms with Crippen LogP contribution in [0.3, 0.4) is 0 Å². The summed E-state index contributed by atoms with van der Waals surface area (Å²) in [6.45, 7) is 1.84. The van der Waals surface area contributed by atoms with Crippen LogP contribution < -0.4 is 0 Å². The highest BCUT2D eigenvalue weighted by Crippen LogP contribution is 2.41. The van der Waals surface area contributed by atoms with E-state index in [-0.39, 0.29) is 17.7 Å². The quantitative estimate of drug-likeness (QED) is 0.351. The van der Waals surface area contributed by atoms with Gasteiger partial charge < -0.3 is 0 Å². The number of halogens is 6. The van der Waals surface area contributed by atoms with Crippen LogP contribution in [0.2, 0.25) is 0 Å². The highest BCUT2D eigenvalue weighted by Gasteiger charge is 2.35. The summed E-state index contributed by atoms with van der Waals surface area (Å²) in [5.41, 5.74) is 1.37. The number of rotatable bonds is 2. The van der Waals surface area contributed by atoms with Crippen molar-refractivity contribution in [3.8, 4) is 6.19 Å². The Bertz CT molecular complexity index is 1300. The molecule has 33 heavy (non-hydrogen) atoms. The van der Waals surface area contributed by atoms with Crippen molar-refractivity contribution in [1.82, 2.24) is 0 Å². The second-order valence-corrected chi connectivity index (χ2v) is 7.51. The summed E-state index contributed by atoms with van der Waals surface area (Å²) >= 11 is 0. The molecule has 2 aliphatic rings. The Labute approximate surface area is 185 Å². The molecule has 0 bridgehead atoms. The lowest BCUT2D eigenvalue weighted by atomic mass is 10.0. The second-order valence-electron chi connectivity index (χ2n) is 7.51. The van der Waals surface area contributed by atoms with Crippen molar-refractivity contribution >= 4 is 23.1 Å². The maximum Gasteiger partial charge on any atom is 0.416 e. The van der Waals surface area contributed by atoms with Gasteiger partial charge in [0.2, 0.25) is 6.19 Å². The summed E-state index contributed by atoms with van der Waals surface area (Å²) in [4.78, 5) is 8.27. The van der Waals surface area contributed by atoms with Gasteiger partial charge in [-0.1, -0.05) is 25.1 Å². The molecule has 4 rings (SSSR count). The minimum Gasteiger partial charge on any atom is -0.252 e. The van der Waals surface area contributed by atoms with Gasteiger partial charge in [0.15, 0.2) is 0 Å². The van der Waals surface area contributed by atoms with Gasteiger partial charge >= 0.3 is 12.4 Å². The van der Waals surface area contributed by atoms with Gasteiger partial charge in [-0.05, 0) is 47.9 Å². The molecule has 2 aromatic carbocycles. The molecule has 0 saturated heterocycles. The second kappa shape index (κ2) is 8.03. The number of allylic oxidation sites excluding steroid dienone is 2. The average Bonchev–Trinajstić information content (AvgIpc) is 3.25. The van der Waals surface area contributed by atoms with Crippen LogP contribution >= 0.6 is 0 Å². The molecule has 9 heteroatoms. The molecular weight excluding hydrogens is 444 g/mol. The molecule has 0 spiro atoms. The van der Waals surface area contributed by atoms with Crippen molar-refractivity contribution in [2.45, 2.75) is 32.1 Å². The number of nitriles is 1. The molecule has 0 saturated carbocycles. The molecule has 3 nitrogen and oxygen atoms in total. The molecule has 0 amide bonds. The highest BCUT2D eigenvalue weighted by molar-refractivity contribution is 6.28. The number of nitrogens with zero attached hydrogens (tertiary/aromatic N) is 3. The predicted molar refractivity (Wildman–Crippen MR) is 112 cm³/mol. The maximum absolute atomic E-state index is 13.2. The minimum atomic E-state index is -4.56. The Hall–Kier alpha value is -3.67. The van der Waals surface area contributed by atoms with E-state index in [1.165, 1.54) is 12.1 Å². The van der Waals surface area contributed by atoms with E-state index in [1.807, 2.05) is 6.92 Å². The van der Waals surface area contributed by atoms with E-state index in [4.69, 9.17) is 5.26 Å². The van der Waals surface area contributed by atoms with Crippen LogP contribution in [-0.4, -0.2) is 11.4 Å². The third kappa shape index (κ3) is 4.21. The number of hydrogen-bond donors (Lipinski definition) is 0. The summed E-state index contributed by atoms with van der Waals surface area (Å²) in [7, 11) is 0. The number of benzene rings is 2. The highest BCUT2D eigenvalue weighted by atomic mass is 19.4. The number of aliphatic imine (C=N–C) groups is 2. The van der Waals surface area contributed by atoms with Gasteiger partial charge in [0.25, 0.3) is 0 Å². The summed E-state index contributed by atoms with van der Waals surface area (Å²) in [5, 5.41) is 8.96. The predicted octanol–water partition coefficient (Wildman–Crippen LogP) is 7.04. The number of fused-ring (bicyclic) bond motifs is 2. The maximum atomic E-state index is 13.2. The fraction of sp³-hybridized carbons (Fsp3) is 0.208. The topological polar surface area (TPSA) is 48.5 Å². The first-order valence-corrected chi connectivity index (χ1v) is 9.92. The van der Waals surface area contributed by atoms with Gasteiger partial charge in [-0.15, -0.1) is 0 Å². The van der Waals surface area contributed by atoms with Crippen molar-refractivity contribution in [3.63, 3.8) is 0 Å². The fourth-order valence-corrected chi connectivity index (χ4v) is 3.93. The molecule has 2 aliphatic carbocycles. The molecule has 168 valence electrons. The Balaban J connectivity index is 1.80. The fourth-order valence-electron chi connectivity index (χ4n) is 3.93. The Morgan fingerprint density at radius 1 is 0.909 bits per heavy atom. The molecule has 0 unspecified atom stereocenters. The van der Waals surface area contributed by atoms with Crippen LogP contribution in [0.4, 0.5) is 26.3 Å². The smallest absolute Gasteiger partial charge is 0.252 e. The van der Waals surface area contributed by atoms with Gasteiger partial charge in [0, 0.05) is 23.1 Å². The van der Waals surface area contributed by atoms with Gasteiger partial charge in [-0.2, -0.15) is 36.6 Å². The lowest BCUT2D eigenvalue weighted by Crippen LogP contribution is -2.06. The normalized spacial score (nSPS) is 19.1. The largest absolute Gasteiger partial charge is 0.416 e. The molecule has 0 aliphatic heterocycles. The van der Waals surface area contributed by atoms with Crippen molar-refractivity contribution in [1.29, 1.82) is 5.26 Å². The molecule has 0 fully saturated rings. The standard InChI is InChI=1S/C24H15F6N3/c1-2-3-16-18-9-14(23(25,26)27)5-4-13(18)8-21(16)33-22-11-20(32-12-31)19-10-15(24(28,29)30)6-7-17(19)22/h3-10H,2,11H2,1H3/b16-3+,32-20?,33-22?. The third-order valence-corrected chi connectivity index (χ3v) is 5.39. The molecule has 0 atom stereocenters. The van der Waals surface area contributed by atoms with Gasteiger partial charge in [-0.25, -0.2) is 0 Å². The molecular formula is C24H15F6N3. The van der Waals surface area contributed by atoms with Gasteiger partial charge in [0.05, 0.1) is 28.2 Å². The minimum absolute atomic E-state index is 0.0328. The van der Waals surface area contributed by atoms with Crippen LogP contribution in [0.5, 0.6) is 0 Å². The van der Waals surface area contributed by atoms with Crippen LogP contribution in [0.15, 0.2) is 58.2 Å². The lowest BCUT2D eigenvalue weighted by molar-refractivity contribution is -0.138. The molecule has 2 aromatic rings. The van der Waals surface area contributed by atoms with Crippen LogP contribution in [-0.2, 0) is 12.4 Å². The summed E-state index contributed by atoms with van der Waals surface area (Å²) in [5.74, 6) is 0. The van der Waals surface area contributed by atoms with E-state index in [9.17, 15) is 26.3 Å². The average molecular weight is 459 g/mol.